The van der Waals surface area contributed by atoms with Gasteiger partial charge in [0.05, 0.1) is 34.4 Å². The number of nitrogens with one attached hydrogen (secondary N) is 1. The quantitative estimate of drug-likeness (QED) is 0.739. The van der Waals surface area contributed by atoms with E-state index in [1.165, 1.54) is 25.3 Å². The van der Waals surface area contributed by atoms with Gasteiger partial charge in [0.1, 0.15) is 0 Å². The lowest BCUT2D eigenvalue weighted by Crippen LogP contribution is -2.13. The topological polar surface area (TPSA) is 81.2 Å². The zero-order valence-electron chi connectivity index (χ0n) is 12.6. The summed E-state index contributed by atoms with van der Waals surface area (Å²) in [5.41, 5.74) is 2.33. The standard InChI is InChI=1S/C17H12ClN3O3/c1-24-17(23)11-2-4-12(18)14(9-11)21-16(22)10-3-5-13-15(8-10)20-7-6-19-13/h2-9H,1H3,(H,21,22). The third kappa shape index (κ3) is 3.18. The Bertz CT molecular complexity index is 943. The van der Waals surface area contributed by atoms with Crippen LogP contribution in [0.3, 0.4) is 0 Å². The summed E-state index contributed by atoms with van der Waals surface area (Å²) in [4.78, 5) is 32.3. The predicted molar refractivity (Wildman–Crippen MR) is 90.3 cm³/mol. The Hall–Kier alpha value is -2.99. The van der Waals surface area contributed by atoms with E-state index in [0.29, 0.717) is 32.9 Å². The van der Waals surface area contributed by atoms with E-state index in [9.17, 15) is 9.59 Å². The first-order valence-electron chi connectivity index (χ1n) is 6.98. The van der Waals surface area contributed by atoms with Gasteiger partial charge in [-0.05, 0) is 36.4 Å². The summed E-state index contributed by atoms with van der Waals surface area (Å²) in [7, 11) is 1.28. The molecule has 0 unspecified atom stereocenters. The maximum absolute atomic E-state index is 12.4. The molecule has 3 aromatic rings. The summed E-state index contributed by atoms with van der Waals surface area (Å²) in [5.74, 6) is -0.880. The van der Waals surface area contributed by atoms with Crippen LogP contribution >= 0.6 is 11.6 Å². The van der Waals surface area contributed by atoms with Crippen molar-refractivity contribution < 1.29 is 14.3 Å². The lowest BCUT2D eigenvalue weighted by Gasteiger charge is -2.09. The minimum atomic E-state index is -0.511. The highest BCUT2D eigenvalue weighted by molar-refractivity contribution is 6.34. The highest BCUT2D eigenvalue weighted by atomic mass is 35.5. The number of fused-ring (bicyclic) bond motifs is 1. The molecule has 1 N–H and O–H groups in total. The van der Waals surface area contributed by atoms with Crippen LogP contribution in [0.2, 0.25) is 5.02 Å². The second-order valence-electron chi connectivity index (χ2n) is 4.90. The maximum Gasteiger partial charge on any atom is 0.337 e. The SMILES string of the molecule is COC(=O)c1ccc(Cl)c(NC(=O)c2ccc3nccnc3c2)c1. The number of halogens is 1. The van der Waals surface area contributed by atoms with E-state index in [1.807, 2.05) is 0 Å². The van der Waals surface area contributed by atoms with Crippen molar-refractivity contribution in [2.24, 2.45) is 0 Å². The normalized spacial score (nSPS) is 10.4. The number of methoxy groups -OCH3 is 1. The number of anilines is 1. The Kier molecular flexibility index (Phi) is 4.39. The van der Waals surface area contributed by atoms with Gasteiger partial charge in [0.15, 0.2) is 0 Å². The first-order chi connectivity index (χ1) is 11.6. The predicted octanol–water partition coefficient (Wildman–Crippen LogP) is 3.32. The zero-order valence-corrected chi connectivity index (χ0v) is 13.4. The summed E-state index contributed by atoms with van der Waals surface area (Å²) in [6, 6.07) is 9.50. The van der Waals surface area contributed by atoms with Crippen LogP contribution in [-0.4, -0.2) is 29.0 Å². The number of esters is 1. The van der Waals surface area contributed by atoms with Crippen LogP contribution < -0.4 is 5.32 Å². The van der Waals surface area contributed by atoms with Gasteiger partial charge in [-0.3, -0.25) is 14.8 Å². The molecule has 1 heterocycles. The third-order valence-corrected chi connectivity index (χ3v) is 3.70. The average molecular weight is 342 g/mol. The fourth-order valence-electron chi connectivity index (χ4n) is 2.16. The minimum absolute atomic E-state index is 0.293. The summed E-state index contributed by atoms with van der Waals surface area (Å²) in [5, 5.41) is 3.00. The van der Waals surface area contributed by atoms with Gasteiger partial charge in [0.2, 0.25) is 0 Å². The molecule has 0 atom stereocenters. The van der Waals surface area contributed by atoms with Crippen molar-refractivity contribution >= 4 is 40.2 Å². The summed E-state index contributed by atoms with van der Waals surface area (Å²) in [6.07, 6.45) is 3.14. The van der Waals surface area contributed by atoms with E-state index in [2.05, 4.69) is 20.0 Å². The summed E-state index contributed by atoms with van der Waals surface area (Å²) >= 11 is 6.08. The van der Waals surface area contributed by atoms with Gasteiger partial charge < -0.3 is 10.1 Å². The van der Waals surface area contributed by atoms with Crippen molar-refractivity contribution in [2.75, 3.05) is 12.4 Å². The minimum Gasteiger partial charge on any atom is -0.465 e. The smallest absolute Gasteiger partial charge is 0.337 e. The number of rotatable bonds is 3. The van der Waals surface area contributed by atoms with Crippen LogP contribution in [0.1, 0.15) is 20.7 Å². The van der Waals surface area contributed by atoms with E-state index in [4.69, 9.17) is 11.6 Å². The molecule has 6 nitrogen and oxygen atoms in total. The van der Waals surface area contributed by atoms with Gasteiger partial charge in [-0.25, -0.2) is 4.79 Å². The van der Waals surface area contributed by atoms with Gasteiger partial charge in [-0.1, -0.05) is 11.6 Å². The molecule has 0 radical (unpaired) electrons. The van der Waals surface area contributed by atoms with E-state index in [-0.39, 0.29) is 5.91 Å². The molecule has 0 aliphatic rings. The molecule has 1 aromatic heterocycles. The Morgan fingerprint density at radius 1 is 1.00 bits per heavy atom. The average Bonchev–Trinajstić information content (AvgIpc) is 2.62. The molecule has 24 heavy (non-hydrogen) atoms. The number of hydrogen-bond donors (Lipinski definition) is 1. The molecule has 0 aliphatic heterocycles. The van der Waals surface area contributed by atoms with Crippen molar-refractivity contribution in [3.63, 3.8) is 0 Å². The number of aromatic nitrogens is 2. The van der Waals surface area contributed by atoms with Crippen molar-refractivity contribution in [3.8, 4) is 0 Å². The maximum atomic E-state index is 12.4. The molecule has 3 rings (SSSR count). The Morgan fingerprint density at radius 2 is 1.71 bits per heavy atom. The van der Waals surface area contributed by atoms with Gasteiger partial charge in [0, 0.05) is 18.0 Å². The summed E-state index contributed by atoms with van der Waals surface area (Å²) in [6.45, 7) is 0. The van der Waals surface area contributed by atoms with Crippen molar-refractivity contribution in [1.82, 2.24) is 9.97 Å². The summed E-state index contributed by atoms with van der Waals surface area (Å²) < 4.78 is 4.66. The van der Waals surface area contributed by atoms with Crippen LogP contribution in [0.4, 0.5) is 5.69 Å². The lowest BCUT2D eigenvalue weighted by molar-refractivity contribution is 0.0600. The van der Waals surface area contributed by atoms with Crippen molar-refractivity contribution in [3.05, 3.63) is 64.9 Å². The Morgan fingerprint density at radius 3 is 2.46 bits per heavy atom. The number of ether oxygens (including phenoxy) is 1. The number of hydrogen-bond acceptors (Lipinski definition) is 5. The Labute approximate surface area is 142 Å². The van der Waals surface area contributed by atoms with E-state index in [0.717, 1.165) is 0 Å². The number of benzene rings is 2. The largest absolute Gasteiger partial charge is 0.465 e. The molecule has 0 saturated carbocycles. The number of carbonyl (C=O) groups is 2. The lowest BCUT2D eigenvalue weighted by atomic mass is 10.1. The monoisotopic (exact) mass is 341 g/mol. The Balaban J connectivity index is 1.89. The van der Waals surface area contributed by atoms with Crippen molar-refractivity contribution in [2.45, 2.75) is 0 Å². The molecule has 120 valence electrons. The van der Waals surface area contributed by atoms with E-state index in [1.54, 1.807) is 30.6 Å². The molecule has 7 heteroatoms. The van der Waals surface area contributed by atoms with E-state index < -0.39 is 5.97 Å². The number of amides is 1. The fourth-order valence-corrected chi connectivity index (χ4v) is 2.33. The highest BCUT2D eigenvalue weighted by Crippen LogP contribution is 2.24. The van der Waals surface area contributed by atoms with Crippen molar-refractivity contribution in [1.29, 1.82) is 0 Å². The molecule has 0 bridgehead atoms. The first kappa shape index (κ1) is 15.9. The van der Waals surface area contributed by atoms with Gasteiger partial charge in [0.25, 0.3) is 5.91 Å². The fraction of sp³-hybridized carbons (Fsp3) is 0.0588. The van der Waals surface area contributed by atoms with Crippen LogP contribution in [0.15, 0.2) is 48.8 Å². The van der Waals surface area contributed by atoms with Gasteiger partial charge >= 0.3 is 5.97 Å². The number of carbonyl (C=O) groups excluding carboxylic acids is 2. The highest BCUT2D eigenvalue weighted by Gasteiger charge is 2.13. The molecule has 0 fully saturated rings. The third-order valence-electron chi connectivity index (χ3n) is 3.37. The molecule has 0 saturated heterocycles. The molecular formula is C17H12ClN3O3. The molecule has 1 amide bonds. The number of nitrogens with zero attached hydrogens (tertiary/aromatic N) is 2. The molecule has 2 aromatic carbocycles. The molecule has 0 spiro atoms. The second kappa shape index (κ2) is 6.64. The van der Waals surface area contributed by atoms with Crippen LogP contribution in [-0.2, 0) is 4.74 Å². The zero-order chi connectivity index (χ0) is 17.1. The van der Waals surface area contributed by atoms with Gasteiger partial charge in [-0.2, -0.15) is 0 Å². The van der Waals surface area contributed by atoms with Crippen LogP contribution in [0.5, 0.6) is 0 Å². The van der Waals surface area contributed by atoms with Crippen LogP contribution in [0, 0.1) is 0 Å². The van der Waals surface area contributed by atoms with E-state index >= 15 is 0 Å². The second-order valence-corrected chi connectivity index (χ2v) is 5.31. The van der Waals surface area contributed by atoms with Crippen LogP contribution in [0.25, 0.3) is 11.0 Å². The molecular weight excluding hydrogens is 330 g/mol. The first-order valence-corrected chi connectivity index (χ1v) is 7.36. The molecule has 0 aliphatic carbocycles. The van der Waals surface area contributed by atoms with Gasteiger partial charge in [-0.15, -0.1) is 0 Å².